The molecular weight excluding hydrogens is 176 g/mol. The van der Waals surface area contributed by atoms with Gasteiger partial charge in [0.1, 0.15) is 0 Å². The summed E-state index contributed by atoms with van der Waals surface area (Å²) in [5.74, 6) is -0.364. The summed E-state index contributed by atoms with van der Waals surface area (Å²) in [6.45, 7) is 2.15. The first-order chi connectivity index (χ1) is 6.63. The molecule has 1 aromatic rings. The Morgan fingerprint density at radius 1 is 1.50 bits per heavy atom. The fraction of sp³-hybridized carbons (Fsp3) is 0.417. The van der Waals surface area contributed by atoms with Gasteiger partial charge < -0.3 is 5.11 Å². The molecule has 2 rings (SSSR count). The molecule has 2 heteroatoms. The van der Waals surface area contributed by atoms with Crippen molar-refractivity contribution in [3.63, 3.8) is 0 Å². The van der Waals surface area contributed by atoms with Gasteiger partial charge in [-0.3, -0.25) is 4.79 Å². The molecule has 1 aromatic carbocycles. The average molecular weight is 190 g/mol. The fourth-order valence-electron chi connectivity index (χ4n) is 2.13. The number of carboxylic acid groups (broad SMARTS) is 1. The summed E-state index contributed by atoms with van der Waals surface area (Å²) in [6.07, 6.45) is 1.30. The Morgan fingerprint density at radius 3 is 2.71 bits per heavy atom. The quantitative estimate of drug-likeness (QED) is 0.794. The van der Waals surface area contributed by atoms with Crippen molar-refractivity contribution in [2.75, 3.05) is 0 Å². The molecule has 0 amide bonds. The Labute approximate surface area is 83.6 Å². The summed E-state index contributed by atoms with van der Waals surface area (Å²) >= 11 is 0. The first kappa shape index (κ1) is 9.25. The van der Waals surface area contributed by atoms with Crippen LogP contribution in [0.4, 0.5) is 0 Å². The third-order valence-electron chi connectivity index (χ3n) is 3.27. The number of rotatable bonds is 3. The van der Waals surface area contributed by atoms with Crippen molar-refractivity contribution < 1.29 is 9.90 Å². The van der Waals surface area contributed by atoms with Crippen LogP contribution < -0.4 is 0 Å². The predicted molar refractivity (Wildman–Crippen MR) is 54.2 cm³/mol. The van der Waals surface area contributed by atoms with E-state index in [2.05, 4.69) is 19.1 Å². The Kier molecular flexibility index (Phi) is 2.06. The number of carbonyl (C=O) groups is 1. The zero-order valence-electron chi connectivity index (χ0n) is 8.23. The van der Waals surface area contributed by atoms with Crippen LogP contribution in [0.5, 0.6) is 0 Å². The maximum absolute atomic E-state index is 10.6. The van der Waals surface area contributed by atoms with Crippen LogP contribution in [0.25, 0.3) is 0 Å². The molecule has 1 aliphatic rings. The van der Waals surface area contributed by atoms with Crippen molar-refractivity contribution in [2.24, 2.45) is 5.92 Å². The first-order valence-electron chi connectivity index (χ1n) is 4.90. The number of aliphatic carboxylic acids is 1. The Bertz CT molecular complexity index is 345. The summed E-state index contributed by atoms with van der Waals surface area (Å²) in [4.78, 5) is 10.6. The largest absolute Gasteiger partial charge is 0.481 e. The highest BCUT2D eigenvalue weighted by atomic mass is 16.4. The molecule has 0 aliphatic heterocycles. The van der Waals surface area contributed by atoms with Crippen molar-refractivity contribution in [3.05, 3.63) is 35.9 Å². The Morgan fingerprint density at radius 2 is 2.14 bits per heavy atom. The van der Waals surface area contributed by atoms with Gasteiger partial charge in [0.25, 0.3) is 0 Å². The Hall–Kier alpha value is -1.31. The van der Waals surface area contributed by atoms with Crippen LogP contribution in [0.1, 0.15) is 25.3 Å². The average Bonchev–Trinajstić information content (AvgIpc) is 2.79. The molecule has 0 heterocycles. The minimum absolute atomic E-state index is 0.111. The van der Waals surface area contributed by atoms with Gasteiger partial charge in [0.2, 0.25) is 0 Å². The lowest BCUT2D eigenvalue weighted by Gasteiger charge is -2.10. The lowest BCUT2D eigenvalue weighted by molar-refractivity contribution is -0.137. The van der Waals surface area contributed by atoms with E-state index in [0.29, 0.717) is 12.3 Å². The second-order valence-electron chi connectivity index (χ2n) is 4.28. The highest BCUT2D eigenvalue weighted by Crippen LogP contribution is 2.55. The second kappa shape index (κ2) is 3.12. The maximum atomic E-state index is 10.6. The van der Waals surface area contributed by atoms with E-state index in [4.69, 9.17) is 5.11 Å². The SMILES string of the molecule is CC1(c2ccccc2)CC1CC(=O)O. The summed E-state index contributed by atoms with van der Waals surface area (Å²) in [5.41, 5.74) is 1.38. The summed E-state index contributed by atoms with van der Waals surface area (Å²) < 4.78 is 0. The zero-order chi connectivity index (χ0) is 10.2. The van der Waals surface area contributed by atoms with Gasteiger partial charge in [-0.2, -0.15) is 0 Å². The molecule has 0 saturated heterocycles. The van der Waals surface area contributed by atoms with Crippen molar-refractivity contribution >= 4 is 5.97 Å². The third-order valence-corrected chi connectivity index (χ3v) is 3.27. The van der Waals surface area contributed by atoms with E-state index in [-0.39, 0.29) is 5.41 Å². The van der Waals surface area contributed by atoms with Crippen LogP contribution >= 0.6 is 0 Å². The zero-order valence-corrected chi connectivity index (χ0v) is 8.23. The monoisotopic (exact) mass is 190 g/mol. The molecule has 0 radical (unpaired) electrons. The van der Waals surface area contributed by atoms with Gasteiger partial charge in [-0.25, -0.2) is 0 Å². The van der Waals surface area contributed by atoms with E-state index in [0.717, 1.165) is 6.42 Å². The van der Waals surface area contributed by atoms with E-state index in [1.165, 1.54) is 5.56 Å². The fourth-order valence-corrected chi connectivity index (χ4v) is 2.13. The van der Waals surface area contributed by atoms with E-state index in [9.17, 15) is 4.79 Å². The van der Waals surface area contributed by atoms with Crippen molar-refractivity contribution in [3.8, 4) is 0 Å². The lowest BCUT2D eigenvalue weighted by Crippen LogP contribution is -2.07. The van der Waals surface area contributed by atoms with Crippen molar-refractivity contribution in [2.45, 2.75) is 25.2 Å². The van der Waals surface area contributed by atoms with Gasteiger partial charge in [-0.15, -0.1) is 0 Å². The van der Waals surface area contributed by atoms with Gasteiger partial charge in [-0.1, -0.05) is 37.3 Å². The standard InChI is InChI=1S/C12H14O2/c1-12(8-10(12)7-11(13)14)9-5-3-2-4-6-9/h2-6,10H,7-8H2,1H3,(H,13,14). The molecule has 1 aliphatic carbocycles. The van der Waals surface area contributed by atoms with E-state index in [1.54, 1.807) is 0 Å². The molecule has 1 fully saturated rings. The highest BCUT2D eigenvalue weighted by Gasteiger charge is 2.51. The topological polar surface area (TPSA) is 37.3 Å². The van der Waals surface area contributed by atoms with Crippen molar-refractivity contribution in [1.82, 2.24) is 0 Å². The number of carboxylic acids is 1. The molecule has 0 spiro atoms. The molecule has 2 atom stereocenters. The Balaban J connectivity index is 2.11. The van der Waals surface area contributed by atoms with E-state index < -0.39 is 5.97 Å². The van der Waals surface area contributed by atoms with Crippen LogP contribution in [-0.2, 0) is 10.2 Å². The summed E-state index contributed by atoms with van der Waals surface area (Å²) in [5, 5.41) is 8.70. The molecule has 1 N–H and O–H groups in total. The molecule has 74 valence electrons. The third kappa shape index (κ3) is 1.52. The molecule has 1 saturated carbocycles. The molecule has 0 aromatic heterocycles. The van der Waals surface area contributed by atoms with Crippen LogP contribution in [0.2, 0.25) is 0 Å². The molecule has 2 nitrogen and oxygen atoms in total. The molecule has 14 heavy (non-hydrogen) atoms. The first-order valence-corrected chi connectivity index (χ1v) is 4.90. The second-order valence-corrected chi connectivity index (χ2v) is 4.28. The predicted octanol–water partition coefficient (Wildman–Crippen LogP) is 2.44. The van der Waals surface area contributed by atoms with Crippen molar-refractivity contribution in [1.29, 1.82) is 0 Å². The van der Waals surface area contributed by atoms with E-state index in [1.807, 2.05) is 18.2 Å². The van der Waals surface area contributed by atoms with Crippen LogP contribution in [0.15, 0.2) is 30.3 Å². The minimum Gasteiger partial charge on any atom is -0.481 e. The van der Waals surface area contributed by atoms with Gasteiger partial charge >= 0.3 is 5.97 Å². The number of hydrogen-bond donors (Lipinski definition) is 1. The smallest absolute Gasteiger partial charge is 0.303 e. The normalized spacial score (nSPS) is 29.9. The molecular formula is C12H14O2. The minimum atomic E-state index is -0.686. The van der Waals surface area contributed by atoms with Gasteiger partial charge in [0, 0.05) is 6.42 Å². The molecule has 0 bridgehead atoms. The maximum Gasteiger partial charge on any atom is 0.303 e. The lowest BCUT2D eigenvalue weighted by atomic mass is 9.95. The highest BCUT2D eigenvalue weighted by molar-refractivity contribution is 5.68. The number of hydrogen-bond acceptors (Lipinski definition) is 1. The number of benzene rings is 1. The summed E-state index contributed by atoms with van der Waals surface area (Å²) in [7, 11) is 0. The van der Waals surface area contributed by atoms with Gasteiger partial charge in [0.05, 0.1) is 0 Å². The van der Waals surface area contributed by atoms with E-state index >= 15 is 0 Å². The van der Waals surface area contributed by atoms with Gasteiger partial charge in [-0.05, 0) is 23.3 Å². The van der Waals surface area contributed by atoms with Crippen LogP contribution in [-0.4, -0.2) is 11.1 Å². The summed E-state index contributed by atoms with van der Waals surface area (Å²) in [6, 6.07) is 10.2. The van der Waals surface area contributed by atoms with Crippen LogP contribution in [0.3, 0.4) is 0 Å². The molecule has 2 unspecified atom stereocenters. The van der Waals surface area contributed by atoms with Gasteiger partial charge in [0.15, 0.2) is 0 Å². The van der Waals surface area contributed by atoms with Crippen LogP contribution in [0, 0.1) is 5.92 Å².